The lowest BCUT2D eigenvalue weighted by Gasteiger charge is -1.97. The summed E-state index contributed by atoms with van der Waals surface area (Å²) in [5, 5.41) is 6.97. The molecule has 0 aliphatic carbocycles. The number of nitrogens with two attached hydrogens (primary N) is 1. The topological polar surface area (TPSA) is 67.6 Å². The Bertz CT molecular complexity index is 457. The number of hydrogen-bond donors (Lipinski definition) is 2. The van der Waals surface area contributed by atoms with Gasteiger partial charge in [-0.3, -0.25) is 0 Å². The molecule has 0 aliphatic rings. The van der Waals surface area contributed by atoms with Crippen molar-refractivity contribution in [1.82, 2.24) is 15.2 Å². The minimum absolute atomic E-state index is 0.234. The van der Waals surface area contributed by atoms with Gasteiger partial charge in [0.25, 0.3) is 0 Å². The number of halogens is 1. The first kappa shape index (κ1) is 9.97. The molecule has 0 amide bonds. The zero-order valence-electron chi connectivity index (χ0n) is 7.77. The molecule has 3 N–H and O–H groups in total. The fourth-order valence-corrected chi connectivity index (χ4v) is 1.85. The van der Waals surface area contributed by atoms with E-state index in [1.54, 1.807) is 6.07 Å². The molecule has 0 spiro atoms. The van der Waals surface area contributed by atoms with E-state index >= 15 is 0 Å². The first-order chi connectivity index (χ1) is 7.24. The lowest BCUT2D eigenvalue weighted by atomic mass is 10.2. The van der Waals surface area contributed by atoms with Gasteiger partial charge in [0.05, 0.1) is 0 Å². The van der Waals surface area contributed by atoms with E-state index < -0.39 is 0 Å². The highest BCUT2D eigenvalue weighted by Crippen LogP contribution is 2.19. The molecule has 0 fully saturated rings. The predicted molar refractivity (Wildman–Crippen MR) is 56.8 cm³/mol. The van der Waals surface area contributed by atoms with Crippen LogP contribution in [0.5, 0.6) is 0 Å². The zero-order chi connectivity index (χ0) is 10.7. The second kappa shape index (κ2) is 4.31. The Morgan fingerprint density at radius 2 is 2.33 bits per heavy atom. The molecule has 0 atom stereocenters. The summed E-state index contributed by atoms with van der Waals surface area (Å²) < 4.78 is 12.8. The summed E-state index contributed by atoms with van der Waals surface area (Å²) in [5.74, 6) is 0.675. The van der Waals surface area contributed by atoms with Gasteiger partial charge >= 0.3 is 0 Å². The van der Waals surface area contributed by atoms with Crippen LogP contribution in [0.25, 0.3) is 0 Å². The quantitative estimate of drug-likeness (QED) is 0.780. The van der Waals surface area contributed by atoms with Gasteiger partial charge in [-0.25, -0.2) is 9.49 Å². The Morgan fingerprint density at radius 3 is 3.00 bits per heavy atom. The van der Waals surface area contributed by atoms with Gasteiger partial charge in [-0.15, -0.1) is 5.10 Å². The number of benzene rings is 1. The summed E-state index contributed by atoms with van der Waals surface area (Å²) in [6.07, 6.45) is 0. The molecule has 6 heteroatoms. The molecule has 2 rings (SSSR count). The van der Waals surface area contributed by atoms with E-state index in [1.165, 1.54) is 23.9 Å². The first-order valence-electron chi connectivity index (χ1n) is 4.29. The van der Waals surface area contributed by atoms with Crippen molar-refractivity contribution < 1.29 is 4.39 Å². The molecule has 0 saturated heterocycles. The van der Waals surface area contributed by atoms with E-state index in [0.29, 0.717) is 10.9 Å². The Hall–Kier alpha value is -1.56. The highest BCUT2D eigenvalue weighted by atomic mass is 32.2. The van der Waals surface area contributed by atoms with E-state index in [9.17, 15) is 4.39 Å². The van der Waals surface area contributed by atoms with Crippen LogP contribution in [0.3, 0.4) is 0 Å². The molecule has 78 valence electrons. The molecule has 1 heterocycles. The fourth-order valence-electron chi connectivity index (χ4n) is 1.10. The molecule has 2 aromatic rings. The van der Waals surface area contributed by atoms with Gasteiger partial charge in [-0.05, 0) is 17.7 Å². The SMILES string of the molecule is Nc1nc(SCc2cccc(F)c2)n[nH]1. The fraction of sp³-hybridized carbons (Fsp3) is 0.111. The van der Waals surface area contributed by atoms with Gasteiger partial charge in [-0.1, -0.05) is 23.9 Å². The Kier molecular flexibility index (Phi) is 2.86. The van der Waals surface area contributed by atoms with Crippen LogP contribution in [0, 0.1) is 5.82 Å². The third-order valence-electron chi connectivity index (χ3n) is 1.74. The minimum Gasteiger partial charge on any atom is -0.368 e. The van der Waals surface area contributed by atoms with E-state index in [2.05, 4.69) is 15.2 Å². The van der Waals surface area contributed by atoms with Crippen molar-refractivity contribution in [3.63, 3.8) is 0 Å². The number of anilines is 1. The van der Waals surface area contributed by atoms with Crippen LogP contribution in [0.2, 0.25) is 0 Å². The number of rotatable bonds is 3. The molecular formula is C9H9FN4S. The molecule has 1 aromatic heterocycles. The Morgan fingerprint density at radius 1 is 1.47 bits per heavy atom. The molecule has 4 nitrogen and oxygen atoms in total. The second-order valence-corrected chi connectivity index (χ2v) is 3.86. The minimum atomic E-state index is -0.234. The van der Waals surface area contributed by atoms with Crippen molar-refractivity contribution in [3.05, 3.63) is 35.6 Å². The number of hydrogen-bond acceptors (Lipinski definition) is 4. The number of thioether (sulfide) groups is 1. The standard InChI is InChI=1S/C9H9FN4S/c10-7-3-1-2-6(4-7)5-15-9-12-8(11)13-14-9/h1-4H,5H2,(H3,11,12,13,14). The maximum atomic E-state index is 12.8. The zero-order valence-corrected chi connectivity index (χ0v) is 8.59. The van der Waals surface area contributed by atoms with Crippen molar-refractivity contribution in [2.75, 3.05) is 5.73 Å². The van der Waals surface area contributed by atoms with Crippen LogP contribution in [0.15, 0.2) is 29.4 Å². The number of nitrogens with one attached hydrogen (secondary N) is 1. The molecule has 0 radical (unpaired) electrons. The van der Waals surface area contributed by atoms with E-state index in [0.717, 1.165) is 5.56 Å². The van der Waals surface area contributed by atoms with Crippen molar-refractivity contribution in [2.45, 2.75) is 10.9 Å². The smallest absolute Gasteiger partial charge is 0.216 e. The van der Waals surface area contributed by atoms with Gasteiger partial charge in [-0.2, -0.15) is 4.98 Å². The van der Waals surface area contributed by atoms with Crippen LogP contribution in [0.4, 0.5) is 10.3 Å². The first-order valence-corrected chi connectivity index (χ1v) is 5.28. The Labute approximate surface area is 90.1 Å². The van der Waals surface area contributed by atoms with Gasteiger partial charge in [0.15, 0.2) is 0 Å². The molecule has 15 heavy (non-hydrogen) atoms. The molecule has 0 saturated carbocycles. The monoisotopic (exact) mass is 224 g/mol. The van der Waals surface area contributed by atoms with Gasteiger partial charge < -0.3 is 5.73 Å². The highest BCUT2D eigenvalue weighted by molar-refractivity contribution is 7.98. The average Bonchev–Trinajstić information content (AvgIpc) is 2.62. The van der Waals surface area contributed by atoms with Crippen LogP contribution in [-0.2, 0) is 5.75 Å². The lowest BCUT2D eigenvalue weighted by molar-refractivity contribution is 0.626. The number of nitrogens with zero attached hydrogens (tertiary/aromatic N) is 2. The summed E-state index contributed by atoms with van der Waals surface area (Å²) in [5.41, 5.74) is 6.26. The number of aromatic amines is 1. The normalized spacial score (nSPS) is 10.5. The van der Waals surface area contributed by atoms with Crippen molar-refractivity contribution in [2.24, 2.45) is 0 Å². The van der Waals surface area contributed by atoms with Crippen molar-refractivity contribution in [1.29, 1.82) is 0 Å². The molecule has 1 aromatic carbocycles. The number of nitrogen functional groups attached to an aromatic ring is 1. The maximum Gasteiger partial charge on any atom is 0.216 e. The summed E-state index contributed by atoms with van der Waals surface area (Å²) in [6, 6.07) is 6.44. The predicted octanol–water partition coefficient (Wildman–Crippen LogP) is 1.82. The Balaban J connectivity index is 1.99. The summed E-state index contributed by atoms with van der Waals surface area (Å²) >= 11 is 1.40. The van der Waals surface area contributed by atoms with Crippen LogP contribution >= 0.6 is 11.8 Å². The van der Waals surface area contributed by atoms with Gasteiger partial charge in [0.2, 0.25) is 11.1 Å². The van der Waals surface area contributed by atoms with E-state index in [4.69, 9.17) is 5.73 Å². The summed E-state index contributed by atoms with van der Waals surface area (Å²) in [4.78, 5) is 3.93. The largest absolute Gasteiger partial charge is 0.368 e. The molecular weight excluding hydrogens is 215 g/mol. The van der Waals surface area contributed by atoms with Gasteiger partial charge in [0, 0.05) is 5.75 Å². The number of H-pyrrole nitrogens is 1. The third-order valence-corrected chi connectivity index (χ3v) is 2.66. The van der Waals surface area contributed by atoms with Crippen molar-refractivity contribution >= 4 is 17.7 Å². The third kappa shape index (κ3) is 2.69. The van der Waals surface area contributed by atoms with E-state index in [1.807, 2.05) is 6.07 Å². The maximum absolute atomic E-state index is 12.8. The average molecular weight is 224 g/mol. The highest BCUT2D eigenvalue weighted by Gasteiger charge is 2.02. The second-order valence-electron chi connectivity index (χ2n) is 2.92. The lowest BCUT2D eigenvalue weighted by Crippen LogP contribution is -1.85. The number of aromatic nitrogens is 3. The van der Waals surface area contributed by atoms with Crippen LogP contribution in [-0.4, -0.2) is 15.2 Å². The summed E-state index contributed by atoms with van der Waals surface area (Å²) in [7, 11) is 0. The summed E-state index contributed by atoms with van der Waals surface area (Å²) in [6.45, 7) is 0. The molecule has 0 aliphatic heterocycles. The van der Waals surface area contributed by atoms with E-state index in [-0.39, 0.29) is 11.8 Å². The molecule has 0 unspecified atom stereocenters. The van der Waals surface area contributed by atoms with Crippen LogP contribution < -0.4 is 5.73 Å². The molecule has 0 bridgehead atoms. The van der Waals surface area contributed by atoms with Gasteiger partial charge in [0.1, 0.15) is 5.82 Å². The van der Waals surface area contributed by atoms with Crippen molar-refractivity contribution in [3.8, 4) is 0 Å². The van der Waals surface area contributed by atoms with Crippen LogP contribution in [0.1, 0.15) is 5.56 Å².